The summed E-state index contributed by atoms with van der Waals surface area (Å²) in [6.45, 7) is 6.35. The van der Waals surface area contributed by atoms with Crippen LogP contribution < -0.4 is 5.32 Å². The van der Waals surface area contributed by atoms with Crippen LogP contribution >= 0.6 is 0 Å². The van der Waals surface area contributed by atoms with E-state index in [0.717, 1.165) is 0 Å². The van der Waals surface area contributed by atoms with E-state index in [1.54, 1.807) is 11.0 Å². The van der Waals surface area contributed by atoms with Crippen LogP contribution in [0.25, 0.3) is 0 Å². The number of hydrogen-bond acceptors (Lipinski definition) is 2. The maximum absolute atomic E-state index is 11.4. The van der Waals surface area contributed by atoms with Gasteiger partial charge >= 0.3 is 6.03 Å². The highest BCUT2D eigenvalue weighted by atomic mass is 16.3. The van der Waals surface area contributed by atoms with Crippen molar-refractivity contribution < 1.29 is 9.90 Å². The van der Waals surface area contributed by atoms with Crippen LogP contribution in [0.2, 0.25) is 0 Å². The van der Waals surface area contributed by atoms with E-state index in [1.165, 1.54) is 0 Å². The molecule has 1 aliphatic rings. The molecule has 0 aromatic heterocycles. The Bertz CT molecular complexity index is 206. The minimum atomic E-state index is -0.371. The molecular formula is C9H16N2O2. The van der Waals surface area contributed by atoms with Crippen molar-refractivity contribution in [3.63, 3.8) is 0 Å². The molecule has 0 radical (unpaired) electrons. The van der Waals surface area contributed by atoms with Gasteiger partial charge in [0.25, 0.3) is 0 Å². The number of amides is 2. The molecule has 74 valence electrons. The summed E-state index contributed by atoms with van der Waals surface area (Å²) < 4.78 is 0. The molecule has 2 atom stereocenters. The van der Waals surface area contributed by atoms with Gasteiger partial charge in [0.2, 0.25) is 0 Å². The molecule has 4 heteroatoms. The van der Waals surface area contributed by atoms with Gasteiger partial charge in [0, 0.05) is 19.1 Å². The summed E-state index contributed by atoms with van der Waals surface area (Å²) >= 11 is 0. The molecule has 1 rings (SSSR count). The lowest BCUT2D eigenvalue weighted by Gasteiger charge is -2.20. The van der Waals surface area contributed by atoms with Gasteiger partial charge in [-0.3, -0.25) is 0 Å². The van der Waals surface area contributed by atoms with Gasteiger partial charge in [-0.2, -0.15) is 0 Å². The first-order valence-electron chi connectivity index (χ1n) is 4.48. The van der Waals surface area contributed by atoms with Crippen molar-refractivity contribution >= 4 is 6.03 Å². The zero-order chi connectivity index (χ0) is 9.84. The summed E-state index contributed by atoms with van der Waals surface area (Å²) in [5, 5.41) is 12.0. The lowest BCUT2D eigenvalue weighted by atomic mass is 10.2. The fourth-order valence-corrected chi connectivity index (χ4v) is 1.55. The number of aliphatic hydroxyl groups excluding tert-OH is 1. The number of nitrogens with zero attached hydrogens (tertiary/aromatic N) is 1. The van der Waals surface area contributed by atoms with Gasteiger partial charge in [-0.05, 0) is 13.3 Å². The third kappa shape index (κ3) is 2.45. The third-order valence-electron chi connectivity index (χ3n) is 2.21. The van der Waals surface area contributed by atoms with Crippen molar-refractivity contribution in [3.8, 4) is 0 Å². The second-order valence-electron chi connectivity index (χ2n) is 3.37. The molecule has 13 heavy (non-hydrogen) atoms. The lowest BCUT2D eigenvalue weighted by molar-refractivity contribution is 0.170. The second kappa shape index (κ2) is 4.28. The molecule has 2 unspecified atom stereocenters. The first kappa shape index (κ1) is 10.1. The van der Waals surface area contributed by atoms with Gasteiger partial charge in [0.15, 0.2) is 0 Å². The highest BCUT2D eigenvalue weighted by Crippen LogP contribution is 2.16. The topological polar surface area (TPSA) is 52.6 Å². The Morgan fingerprint density at radius 1 is 1.85 bits per heavy atom. The zero-order valence-electron chi connectivity index (χ0n) is 7.86. The van der Waals surface area contributed by atoms with Crippen LogP contribution in [0.4, 0.5) is 4.79 Å². The summed E-state index contributed by atoms with van der Waals surface area (Å²) in [7, 11) is 0. The highest BCUT2D eigenvalue weighted by Gasteiger charge is 2.30. The van der Waals surface area contributed by atoms with Crippen LogP contribution in [0.3, 0.4) is 0 Å². The molecule has 0 aromatic carbocycles. The first-order chi connectivity index (χ1) is 6.15. The SMILES string of the molecule is C=CCNC(=O)N1CC(O)CC1C. The number of likely N-dealkylation sites (tertiary alicyclic amines) is 1. The number of carbonyl (C=O) groups excluding carboxylic acids is 1. The van der Waals surface area contributed by atoms with Crippen molar-refractivity contribution in [2.75, 3.05) is 13.1 Å². The number of nitrogens with one attached hydrogen (secondary N) is 1. The van der Waals surface area contributed by atoms with E-state index in [0.29, 0.717) is 19.5 Å². The standard InChI is InChI=1S/C9H16N2O2/c1-3-4-10-9(13)11-6-8(12)5-7(11)2/h3,7-8,12H,1,4-6H2,2H3,(H,10,13). The number of β-amino-alcohol motifs (C(OH)–C–C–N with tert-alkyl or cyclic N) is 1. The molecule has 1 aliphatic heterocycles. The normalized spacial score (nSPS) is 27.4. The molecule has 0 spiro atoms. The average Bonchev–Trinajstić information content (AvgIpc) is 2.41. The lowest BCUT2D eigenvalue weighted by Crippen LogP contribution is -2.42. The van der Waals surface area contributed by atoms with Gasteiger partial charge in [-0.1, -0.05) is 6.08 Å². The van der Waals surface area contributed by atoms with Crippen molar-refractivity contribution in [2.45, 2.75) is 25.5 Å². The van der Waals surface area contributed by atoms with E-state index >= 15 is 0 Å². The molecule has 2 N–H and O–H groups in total. The number of aliphatic hydroxyl groups is 1. The van der Waals surface area contributed by atoms with Crippen LogP contribution in [-0.4, -0.2) is 41.3 Å². The molecule has 0 aliphatic carbocycles. The molecule has 0 bridgehead atoms. The van der Waals surface area contributed by atoms with Crippen LogP contribution in [0.15, 0.2) is 12.7 Å². The minimum Gasteiger partial charge on any atom is -0.391 e. The Morgan fingerprint density at radius 3 is 3.00 bits per heavy atom. The fourth-order valence-electron chi connectivity index (χ4n) is 1.55. The molecule has 4 nitrogen and oxygen atoms in total. The van der Waals surface area contributed by atoms with Gasteiger partial charge in [0.1, 0.15) is 0 Å². The van der Waals surface area contributed by atoms with Crippen LogP contribution in [0, 0.1) is 0 Å². The van der Waals surface area contributed by atoms with Crippen molar-refractivity contribution in [3.05, 3.63) is 12.7 Å². The molecule has 2 amide bonds. The molecule has 0 aromatic rings. The molecule has 0 saturated carbocycles. The Kier molecular flexibility index (Phi) is 3.31. The summed E-state index contributed by atoms with van der Waals surface area (Å²) in [6.07, 6.45) is 1.93. The number of carbonyl (C=O) groups is 1. The second-order valence-corrected chi connectivity index (χ2v) is 3.37. The van der Waals surface area contributed by atoms with Crippen LogP contribution in [0.5, 0.6) is 0 Å². The summed E-state index contributed by atoms with van der Waals surface area (Å²) in [5.41, 5.74) is 0. The molecule has 1 heterocycles. The molecular weight excluding hydrogens is 168 g/mol. The Morgan fingerprint density at radius 2 is 2.54 bits per heavy atom. The van der Waals surface area contributed by atoms with Gasteiger partial charge < -0.3 is 15.3 Å². The van der Waals surface area contributed by atoms with Crippen molar-refractivity contribution in [2.24, 2.45) is 0 Å². The quantitative estimate of drug-likeness (QED) is 0.608. The minimum absolute atomic E-state index is 0.121. The van der Waals surface area contributed by atoms with E-state index in [2.05, 4.69) is 11.9 Å². The van der Waals surface area contributed by atoms with Crippen LogP contribution in [-0.2, 0) is 0 Å². The van der Waals surface area contributed by atoms with Gasteiger partial charge in [-0.25, -0.2) is 4.79 Å². The number of urea groups is 1. The molecule has 1 fully saturated rings. The zero-order valence-corrected chi connectivity index (χ0v) is 7.86. The fraction of sp³-hybridized carbons (Fsp3) is 0.667. The summed E-state index contributed by atoms with van der Waals surface area (Å²) in [5.74, 6) is 0. The Labute approximate surface area is 78.2 Å². The van der Waals surface area contributed by atoms with E-state index in [9.17, 15) is 9.90 Å². The largest absolute Gasteiger partial charge is 0.391 e. The van der Waals surface area contributed by atoms with Crippen LogP contribution in [0.1, 0.15) is 13.3 Å². The van der Waals surface area contributed by atoms with Crippen molar-refractivity contribution in [1.82, 2.24) is 10.2 Å². The number of hydrogen-bond donors (Lipinski definition) is 2. The Balaban J connectivity index is 2.42. The summed E-state index contributed by atoms with van der Waals surface area (Å²) in [4.78, 5) is 13.1. The third-order valence-corrected chi connectivity index (χ3v) is 2.21. The van der Waals surface area contributed by atoms with E-state index < -0.39 is 0 Å². The maximum Gasteiger partial charge on any atom is 0.317 e. The summed E-state index contributed by atoms with van der Waals surface area (Å²) in [6, 6.07) is 0.00349. The van der Waals surface area contributed by atoms with E-state index in [-0.39, 0.29) is 18.2 Å². The monoisotopic (exact) mass is 184 g/mol. The predicted molar refractivity (Wildman–Crippen MR) is 50.4 cm³/mol. The van der Waals surface area contributed by atoms with E-state index in [4.69, 9.17) is 0 Å². The average molecular weight is 184 g/mol. The van der Waals surface area contributed by atoms with Gasteiger partial charge in [-0.15, -0.1) is 6.58 Å². The predicted octanol–water partition coefficient (Wildman–Crippen LogP) is 0.337. The van der Waals surface area contributed by atoms with Crippen molar-refractivity contribution in [1.29, 1.82) is 0 Å². The first-order valence-corrected chi connectivity index (χ1v) is 4.48. The van der Waals surface area contributed by atoms with E-state index in [1.807, 2.05) is 6.92 Å². The Hall–Kier alpha value is -1.03. The smallest absolute Gasteiger partial charge is 0.317 e. The maximum atomic E-state index is 11.4. The highest BCUT2D eigenvalue weighted by molar-refractivity contribution is 5.75. The van der Waals surface area contributed by atoms with Gasteiger partial charge in [0.05, 0.1) is 6.10 Å². The molecule has 1 saturated heterocycles. The number of rotatable bonds is 2.